The molecule has 2 rings (SSSR count). The summed E-state index contributed by atoms with van der Waals surface area (Å²) in [6, 6.07) is 7.81. The standard InChI is InChI=1S/C19H27N5OS/c1-5-16-11-21-17(26-16)12-23-19(20-4)22-10-14-6-8-15(9-7-14)24-18(25)13(2)3/h6-9,11,13H,5,10,12H2,1-4H3,(H,24,25)(H2,20,22,23). The molecule has 6 nitrogen and oxygen atoms in total. The van der Waals surface area contributed by atoms with E-state index in [1.54, 1.807) is 18.4 Å². The summed E-state index contributed by atoms with van der Waals surface area (Å²) >= 11 is 1.72. The molecule has 0 fully saturated rings. The molecule has 0 radical (unpaired) electrons. The number of guanidine groups is 1. The van der Waals surface area contributed by atoms with Gasteiger partial charge in [0.2, 0.25) is 5.91 Å². The molecule has 1 aromatic heterocycles. The van der Waals surface area contributed by atoms with Crippen molar-refractivity contribution in [2.45, 2.75) is 40.3 Å². The number of benzene rings is 1. The Balaban J connectivity index is 1.81. The molecule has 0 aliphatic rings. The van der Waals surface area contributed by atoms with Crippen molar-refractivity contribution in [3.05, 3.63) is 45.9 Å². The molecule has 0 atom stereocenters. The van der Waals surface area contributed by atoms with E-state index in [0.717, 1.165) is 28.6 Å². The number of rotatable bonds is 7. The summed E-state index contributed by atoms with van der Waals surface area (Å²) in [7, 11) is 1.75. The van der Waals surface area contributed by atoms with Crippen molar-refractivity contribution < 1.29 is 4.79 Å². The molecule has 1 amide bonds. The summed E-state index contributed by atoms with van der Waals surface area (Å²) in [6.45, 7) is 7.19. The van der Waals surface area contributed by atoms with Crippen molar-refractivity contribution in [3.63, 3.8) is 0 Å². The Labute approximate surface area is 159 Å². The van der Waals surface area contributed by atoms with Gasteiger partial charge in [0.25, 0.3) is 0 Å². The molecule has 1 heterocycles. The number of thiazole rings is 1. The average molecular weight is 374 g/mol. The van der Waals surface area contributed by atoms with E-state index < -0.39 is 0 Å². The van der Waals surface area contributed by atoms with Crippen LogP contribution in [0.25, 0.3) is 0 Å². The number of anilines is 1. The van der Waals surface area contributed by atoms with Gasteiger partial charge in [-0.1, -0.05) is 32.9 Å². The van der Waals surface area contributed by atoms with Gasteiger partial charge in [0.1, 0.15) is 5.01 Å². The van der Waals surface area contributed by atoms with Gasteiger partial charge < -0.3 is 16.0 Å². The second kappa shape index (κ2) is 9.91. The van der Waals surface area contributed by atoms with Crippen molar-refractivity contribution in [2.75, 3.05) is 12.4 Å². The number of nitrogens with one attached hydrogen (secondary N) is 3. The highest BCUT2D eigenvalue weighted by Gasteiger charge is 2.07. The Bertz CT molecular complexity index is 737. The molecule has 7 heteroatoms. The maximum absolute atomic E-state index is 11.7. The topological polar surface area (TPSA) is 78.4 Å². The molecule has 140 valence electrons. The summed E-state index contributed by atoms with van der Waals surface area (Å²) in [5.41, 5.74) is 1.92. The highest BCUT2D eigenvalue weighted by Crippen LogP contribution is 2.13. The number of aliphatic imine (C=N–C) groups is 1. The highest BCUT2D eigenvalue weighted by molar-refractivity contribution is 7.11. The summed E-state index contributed by atoms with van der Waals surface area (Å²) in [5, 5.41) is 10.5. The van der Waals surface area contributed by atoms with E-state index in [4.69, 9.17) is 0 Å². The second-order valence-corrected chi connectivity index (χ2v) is 7.39. The van der Waals surface area contributed by atoms with Gasteiger partial charge in [-0.05, 0) is 24.1 Å². The SMILES string of the molecule is CCc1cnc(CNC(=NC)NCc2ccc(NC(=O)C(C)C)cc2)s1. The zero-order valence-corrected chi connectivity index (χ0v) is 16.6. The number of amides is 1. The maximum atomic E-state index is 11.7. The Morgan fingerprint density at radius 2 is 1.88 bits per heavy atom. The average Bonchev–Trinajstić information content (AvgIpc) is 3.11. The van der Waals surface area contributed by atoms with Crippen LogP contribution in [0.2, 0.25) is 0 Å². The lowest BCUT2D eigenvalue weighted by atomic mass is 10.1. The molecule has 0 spiro atoms. The van der Waals surface area contributed by atoms with Crippen molar-refractivity contribution in [1.29, 1.82) is 0 Å². The predicted molar refractivity (Wildman–Crippen MR) is 108 cm³/mol. The third kappa shape index (κ3) is 6.15. The summed E-state index contributed by atoms with van der Waals surface area (Å²) < 4.78 is 0. The first kappa shape index (κ1) is 19.9. The fraction of sp³-hybridized carbons (Fsp3) is 0.421. The first-order chi connectivity index (χ1) is 12.5. The monoisotopic (exact) mass is 373 g/mol. The number of carbonyl (C=O) groups excluding carboxylic acids is 1. The molecule has 1 aromatic carbocycles. The molecular weight excluding hydrogens is 346 g/mol. The van der Waals surface area contributed by atoms with Gasteiger partial charge in [-0.25, -0.2) is 4.98 Å². The van der Waals surface area contributed by atoms with Gasteiger partial charge in [0.05, 0.1) is 6.54 Å². The minimum absolute atomic E-state index is 0.0221. The van der Waals surface area contributed by atoms with Gasteiger partial charge >= 0.3 is 0 Å². The molecule has 26 heavy (non-hydrogen) atoms. The summed E-state index contributed by atoms with van der Waals surface area (Å²) in [4.78, 5) is 21.6. The molecule has 0 aliphatic heterocycles. The first-order valence-electron chi connectivity index (χ1n) is 8.79. The van der Waals surface area contributed by atoms with Crippen LogP contribution in [0.4, 0.5) is 5.69 Å². The molecule has 0 unspecified atom stereocenters. The van der Waals surface area contributed by atoms with Crippen LogP contribution in [0.15, 0.2) is 35.5 Å². The molecular formula is C19H27N5OS. The van der Waals surface area contributed by atoms with Crippen LogP contribution in [-0.4, -0.2) is 23.9 Å². The molecule has 0 aliphatic carbocycles. The van der Waals surface area contributed by atoms with Crippen molar-refractivity contribution in [3.8, 4) is 0 Å². The third-order valence-electron chi connectivity index (χ3n) is 3.79. The minimum atomic E-state index is -0.0306. The zero-order valence-electron chi connectivity index (χ0n) is 15.8. The highest BCUT2D eigenvalue weighted by atomic mass is 32.1. The second-order valence-electron chi connectivity index (χ2n) is 6.19. The first-order valence-corrected chi connectivity index (χ1v) is 9.61. The lowest BCUT2D eigenvalue weighted by Gasteiger charge is -2.12. The van der Waals surface area contributed by atoms with E-state index in [-0.39, 0.29) is 11.8 Å². The van der Waals surface area contributed by atoms with E-state index in [1.807, 2.05) is 44.3 Å². The molecule has 2 aromatic rings. The fourth-order valence-corrected chi connectivity index (χ4v) is 2.95. The lowest BCUT2D eigenvalue weighted by molar-refractivity contribution is -0.118. The minimum Gasteiger partial charge on any atom is -0.352 e. The molecule has 3 N–H and O–H groups in total. The van der Waals surface area contributed by atoms with Gasteiger partial charge in [0.15, 0.2) is 5.96 Å². The van der Waals surface area contributed by atoms with Gasteiger partial charge in [-0.3, -0.25) is 9.79 Å². The largest absolute Gasteiger partial charge is 0.352 e. The van der Waals surface area contributed by atoms with Crippen LogP contribution in [0.1, 0.15) is 36.2 Å². The maximum Gasteiger partial charge on any atom is 0.226 e. The summed E-state index contributed by atoms with van der Waals surface area (Å²) in [5.74, 6) is 0.723. The predicted octanol–water partition coefficient (Wildman–Crippen LogP) is 3.17. The van der Waals surface area contributed by atoms with E-state index in [0.29, 0.717) is 13.1 Å². The summed E-state index contributed by atoms with van der Waals surface area (Å²) in [6.07, 6.45) is 2.94. The quantitative estimate of drug-likeness (QED) is 0.515. The van der Waals surface area contributed by atoms with Crippen LogP contribution < -0.4 is 16.0 Å². The van der Waals surface area contributed by atoms with E-state index in [2.05, 4.69) is 32.9 Å². The zero-order chi connectivity index (χ0) is 18.9. The number of nitrogens with zero attached hydrogens (tertiary/aromatic N) is 2. The fourth-order valence-electron chi connectivity index (χ4n) is 2.15. The lowest BCUT2D eigenvalue weighted by Crippen LogP contribution is -2.36. The van der Waals surface area contributed by atoms with Gasteiger partial charge in [-0.15, -0.1) is 11.3 Å². The smallest absolute Gasteiger partial charge is 0.226 e. The van der Waals surface area contributed by atoms with E-state index >= 15 is 0 Å². The Kier molecular flexibility index (Phi) is 7.59. The Hall–Kier alpha value is -2.41. The van der Waals surface area contributed by atoms with Gasteiger partial charge in [-0.2, -0.15) is 0 Å². The molecule has 0 saturated carbocycles. The van der Waals surface area contributed by atoms with E-state index in [9.17, 15) is 4.79 Å². The number of aryl methyl sites for hydroxylation is 1. The normalized spacial score (nSPS) is 11.5. The van der Waals surface area contributed by atoms with Crippen molar-refractivity contribution in [2.24, 2.45) is 10.9 Å². The van der Waals surface area contributed by atoms with Crippen molar-refractivity contribution >= 4 is 28.9 Å². The van der Waals surface area contributed by atoms with Gasteiger partial charge in [0, 0.05) is 36.3 Å². The number of aromatic nitrogens is 1. The van der Waals surface area contributed by atoms with Crippen LogP contribution >= 0.6 is 11.3 Å². The van der Waals surface area contributed by atoms with Crippen LogP contribution in [-0.2, 0) is 24.3 Å². The molecule has 0 bridgehead atoms. The van der Waals surface area contributed by atoms with Crippen LogP contribution in [0, 0.1) is 5.92 Å². The van der Waals surface area contributed by atoms with Crippen LogP contribution in [0.3, 0.4) is 0 Å². The van der Waals surface area contributed by atoms with Crippen LogP contribution in [0.5, 0.6) is 0 Å². The number of hydrogen-bond acceptors (Lipinski definition) is 4. The number of hydrogen-bond donors (Lipinski definition) is 3. The Morgan fingerprint density at radius 3 is 2.46 bits per heavy atom. The number of carbonyl (C=O) groups is 1. The molecule has 0 saturated heterocycles. The Morgan fingerprint density at radius 1 is 1.19 bits per heavy atom. The van der Waals surface area contributed by atoms with E-state index in [1.165, 1.54) is 4.88 Å². The third-order valence-corrected chi connectivity index (χ3v) is 4.93. The van der Waals surface area contributed by atoms with Crippen molar-refractivity contribution in [1.82, 2.24) is 15.6 Å².